The molecule has 80 valence electrons. The number of halogens is 3. The van der Waals surface area contributed by atoms with Gasteiger partial charge in [0.15, 0.2) is 0 Å². The molecule has 0 amide bonds. The molecule has 1 rings (SSSR count). The van der Waals surface area contributed by atoms with Crippen molar-refractivity contribution in [2.75, 3.05) is 6.54 Å². The van der Waals surface area contributed by atoms with Gasteiger partial charge in [0.2, 0.25) is 0 Å². The van der Waals surface area contributed by atoms with Crippen LogP contribution in [0.3, 0.4) is 0 Å². The van der Waals surface area contributed by atoms with E-state index < -0.39 is 18.8 Å². The molecule has 0 spiro atoms. The Bertz CT molecular complexity index is 292. The molecule has 0 aliphatic heterocycles. The number of rotatable bonds is 3. The number of hydrogen-bond acceptors (Lipinski definition) is 2. The SMILES string of the molecule is Cc1ccc(C(C)NCC(F)(F)F)o1. The van der Waals surface area contributed by atoms with E-state index in [2.05, 4.69) is 5.32 Å². The molecule has 1 heterocycles. The topological polar surface area (TPSA) is 25.2 Å². The minimum atomic E-state index is -4.18. The van der Waals surface area contributed by atoms with Crippen LogP contribution in [0, 0.1) is 6.92 Å². The first-order valence-electron chi connectivity index (χ1n) is 4.25. The second kappa shape index (κ2) is 4.04. The Kier molecular flexibility index (Phi) is 3.21. The fourth-order valence-corrected chi connectivity index (χ4v) is 1.06. The predicted octanol–water partition coefficient (Wildman–Crippen LogP) is 2.80. The van der Waals surface area contributed by atoms with Crippen LogP contribution in [0.2, 0.25) is 0 Å². The van der Waals surface area contributed by atoms with E-state index in [0.29, 0.717) is 11.5 Å². The van der Waals surface area contributed by atoms with Gasteiger partial charge in [0, 0.05) is 0 Å². The maximum Gasteiger partial charge on any atom is 0.401 e. The largest absolute Gasteiger partial charge is 0.465 e. The smallest absolute Gasteiger partial charge is 0.401 e. The molecule has 0 saturated heterocycles. The molecule has 1 atom stereocenters. The van der Waals surface area contributed by atoms with Crippen molar-refractivity contribution in [3.8, 4) is 0 Å². The Morgan fingerprint density at radius 1 is 1.43 bits per heavy atom. The van der Waals surface area contributed by atoms with Crippen molar-refractivity contribution >= 4 is 0 Å². The van der Waals surface area contributed by atoms with Crippen molar-refractivity contribution in [1.29, 1.82) is 0 Å². The average Bonchev–Trinajstić information content (AvgIpc) is 2.46. The third-order valence-electron chi connectivity index (χ3n) is 1.80. The molecular formula is C9H12F3NO. The van der Waals surface area contributed by atoms with Gasteiger partial charge in [0.25, 0.3) is 0 Å². The van der Waals surface area contributed by atoms with Crippen LogP contribution < -0.4 is 5.32 Å². The number of aryl methyl sites for hydroxylation is 1. The summed E-state index contributed by atoms with van der Waals surface area (Å²) in [4.78, 5) is 0. The molecule has 1 N–H and O–H groups in total. The van der Waals surface area contributed by atoms with E-state index in [9.17, 15) is 13.2 Å². The first kappa shape index (κ1) is 11.1. The van der Waals surface area contributed by atoms with Crippen LogP contribution in [-0.2, 0) is 0 Å². The van der Waals surface area contributed by atoms with Gasteiger partial charge in [0.05, 0.1) is 12.6 Å². The van der Waals surface area contributed by atoms with Gasteiger partial charge in [-0.2, -0.15) is 13.2 Å². The Morgan fingerprint density at radius 2 is 2.07 bits per heavy atom. The quantitative estimate of drug-likeness (QED) is 0.824. The van der Waals surface area contributed by atoms with Crippen LogP contribution in [0.15, 0.2) is 16.5 Å². The zero-order valence-corrected chi connectivity index (χ0v) is 7.98. The van der Waals surface area contributed by atoms with E-state index in [4.69, 9.17) is 4.42 Å². The highest BCUT2D eigenvalue weighted by molar-refractivity contribution is 5.08. The van der Waals surface area contributed by atoms with Crippen molar-refractivity contribution in [3.63, 3.8) is 0 Å². The van der Waals surface area contributed by atoms with E-state index in [1.807, 2.05) is 0 Å². The maximum absolute atomic E-state index is 11.8. The maximum atomic E-state index is 11.8. The highest BCUT2D eigenvalue weighted by Crippen LogP contribution is 2.18. The van der Waals surface area contributed by atoms with E-state index in [0.717, 1.165) is 0 Å². The number of furan rings is 1. The molecule has 2 nitrogen and oxygen atoms in total. The molecule has 0 radical (unpaired) electrons. The third-order valence-corrected chi connectivity index (χ3v) is 1.80. The average molecular weight is 207 g/mol. The predicted molar refractivity (Wildman–Crippen MR) is 45.9 cm³/mol. The summed E-state index contributed by atoms with van der Waals surface area (Å²) in [5, 5.41) is 2.33. The lowest BCUT2D eigenvalue weighted by Crippen LogP contribution is -2.30. The minimum absolute atomic E-state index is 0.426. The Balaban J connectivity index is 2.47. The van der Waals surface area contributed by atoms with Crippen LogP contribution >= 0.6 is 0 Å². The first-order chi connectivity index (χ1) is 6.38. The van der Waals surface area contributed by atoms with Crippen molar-refractivity contribution in [2.24, 2.45) is 0 Å². The van der Waals surface area contributed by atoms with Crippen LogP contribution in [0.25, 0.3) is 0 Å². The first-order valence-corrected chi connectivity index (χ1v) is 4.25. The number of hydrogen-bond donors (Lipinski definition) is 1. The number of nitrogens with one attached hydrogen (secondary N) is 1. The molecule has 0 aliphatic carbocycles. The molecule has 0 saturated carbocycles. The highest BCUT2D eigenvalue weighted by atomic mass is 19.4. The zero-order valence-electron chi connectivity index (χ0n) is 7.98. The summed E-state index contributed by atoms with van der Waals surface area (Å²) in [6, 6.07) is 2.97. The Hall–Kier alpha value is -0.970. The van der Waals surface area contributed by atoms with Crippen LogP contribution in [0.1, 0.15) is 24.5 Å². The fourth-order valence-electron chi connectivity index (χ4n) is 1.06. The van der Waals surface area contributed by atoms with Crippen LogP contribution in [0.5, 0.6) is 0 Å². The van der Waals surface area contributed by atoms with Crippen molar-refractivity contribution in [2.45, 2.75) is 26.1 Å². The summed E-state index contributed by atoms with van der Waals surface area (Å²) >= 11 is 0. The molecule has 0 aromatic carbocycles. The highest BCUT2D eigenvalue weighted by Gasteiger charge is 2.27. The van der Waals surface area contributed by atoms with E-state index >= 15 is 0 Å². The molecule has 5 heteroatoms. The van der Waals surface area contributed by atoms with Gasteiger partial charge in [-0.05, 0) is 26.0 Å². The summed E-state index contributed by atoms with van der Waals surface area (Å²) in [6.45, 7) is 2.37. The lowest BCUT2D eigenvalue weighted by Gasteiger charge is -2.12. The normalized spacial score (nSPS) is 14.4. The summed E-state index contributed by atoms with van der Waals surface area (Å²) in [7, 11) is 0. The van der Waals surface area contributed by atoms with Gasteiger partial charge in [-0.1, -0.05) is 0 Å². The molecule has 0 aliphatic rings. The van der Waals surface area contributed by atoms with Gasteiger partial charge >= 0.3 is 6.18 Å². The van der Waals surface area contributed by atoms with Gasteiger partial charge < -0.3 is 4.42 Å². The van der Waals surface area contributed by atoms with Gasteiger partial charge in [-0.15, -0.1) is 0 Å². The summed E-state index contributed by atoms with van der Waals surface area (Å²) in [5.41, 5.74) is 0. The fraction of sp³-hybridized carbons (Fsp3) is 0.556. The zero-order chi connectivity index (χ0) is 10.8. The lowest BCUT2D eigenvalue weighted by atomic mass is 10.2. The Morgan fingerprint density at radius 3 is 2.50 bits per heavy atom. The third kappa shape index (κ3) is 3.41. The van der Waals surface area contributed by atoms with Crippen molar-refractivity contribution < 1.29 is 17.6 Å². The van der Waals surface area contributed by atoms with E-state index in [1.165, 1.54) is 0 Å². The van der Waals surface area contributed by atoms with Gasteiger partial charge in [-0.3, -0.25) is 5.32 Å². The molecule has 0 fully saturated rings. The van der Waals surface area contributed by atoms with Crippen molar-refractivity contribution in [3.05, 3.63) is 23.7 Å². The molecule has 1 aromatic rings. The monoisotopic (exact) mass is 207 g/mol. The summed E-state index contributed by atoms with van der Waals surface area (Å²) < 4.78 is 40.7. The standard InChI is InChI=1S/C9H12F3NO/c1-6-3-4-8(14-6)7(2)13-5-9(10,11)12/h3-4,7,13H,5H2,1-2H3. The van der Waals surface area contributed by atoms with Crippen LogP contribution in [-0.4, -0.2) is 12.7 Å². The summed E-state index contributed by atoms with van der Waals surface area (Å²) in [6.07, 6.45) is -4.18. The van der Waals surface area contributed by atoms with E-state index in [-0.39, 0.29) is 0 Å². The van der Waals surface area contributed by atoms with Crippen LogP contribution in [0.4, 0.5) is 13.2 Å². The molecule has 1 aromatic heterocycles. The lowest BCUT2D eigenvalue weighted by molar-refractivity contribution is -0.126. The van der Waals surface area contributed by atoms with E-state index in [1.54, 1.807) is 26.0 Å². The minimum Gasteiger partial charge on any atom is -0.465 e. The second-order valence-corrected chi connectivity index (χ2v) is 3.17. The number of alkyl halides is 3. The Labute approximate surface area is 80.1 Å². The summed E-state index contributed by atoms with van der Waals surface area (Å²) in [5.74, 6) is 1.22. The molecule has 1 unspecified atom stereocenters. The molecule has 0 bridgehead atoms. The molecular weight excluding hydrogens is 195 g/mol. The van der Waals surface area contributed by atoms with Crippen molar-refractivity contribution in [1.82, 2.24) is 5.32 Å². The van der Waals surface area contributed by atoms with Gasteiger partial charge in [-0.25, -0.2) is 0 Å². The second-order valence-electron chi connectivity index (χ2n) is 3.17. The van der Waals surface area contributed by atoms with Gasteiger partial charge in [0.1, 0.15) is 11.5 Å². The molecule has 14 heavy (non-hydrogen) atoms.